The number of H-pyrrole nitrogens is 1. The number of aryl methyl sites for hydroxylation is 1. The lowest BCUT2D eigenvalue weighted by Crippen LogP contribution is -2.42. The van der Waals surface area contributed by atoms with Gasteiger partial charge in [0.2, 0.25) is 5.91 Å². The van der Waals surface area contributed by atoms with Crippen molar-refractivity contribution in [3.8, 4) is 0 Å². The number of carbonyl (C=O) groups is 1. The molecule has 1 amide bonds. The van der Waals surface area contributed by atoms with Gasteiger partial charge in [-0.15, -0.1) is 0 Å². The molecule has 1 aromatic carbocycles. The summed E-state index contributed by atoms with van der Waals surface area (Å²) in [7, 11) is 0. The number of aromatic nitrogens is 1. The largest absolute Gasteiger partial charge is 0.358 e. The molecule has 1 heterocycles. The Morgan fingerprint density at radius 3 is 2.75 bits per heavy atom. The molecule has 3 nitrogen and oxygen atoms in total. The van der Waals surface area contributed by atoms with Gasteiger partial charge in [0.25, 0.3) is 0 Å². The molecule has 1 atom stereocenters. The van der Waals surface area contributed by atoms with Crippen LogP contribution < -0.4 is 5.32 Å². The molecule has 0 saturated heterocycles. The molecule has 0 saturated carbocycles. The molecule has 1 unspecified atom stereocenters. The fourth-order valence-electron chi connectivity index (χ4n) is 2.89. The smallest absolute Gasteiger partial charge is 0.225 e. The predicted molar refractivity (Wildman–Crippen MR) is 81.8 cm³/mol. The third-order valence-electron chi connectivity index (χ3n) is 4.07. The second kappa shape index (κ2) is 4.37. The number of hydrogen-bond acceptors (Lipinski definition) is 1. The maximum Gasteiger partial charge on any atom is 0.225 e. The molecule has 1 aromatic heterocycles. The molecule has 20 heavy (non-hydrogen) atoms. The van der Waals surface area contributed by atoms with Crippen LogP contribution in [-0.4, -0.2) is 16.9 Å². The lowest BCUT2D eigenvalue weighted by Gasteiger charge is -2.21. The van der Waals surface area contributed by atoms with Gasteiger partial charge >= 0.3 is 0 Å². The zero-order chi connectivity index (χ0) is 14.5. The van der Waals surface area contributed by atoms with Gasteiger partial charge in [-0.1, -0.05) is 32.4 Å². The molecule has 2 N–H and O–H groups in total. The van der Waals surface area contributed by atoms with E-state index in [1.54, 1.807) is 0 Å². The van der Waals surface area contributed by atoms with E-state index in [0.29, 0.717) is 0 Å². The van der Waals surface area contributed by atoms with Crippen LogP contribution in [-0.2, 0) is 17.6 Å². The lowest BCUT2D eigenvalue weighted by atomic mass is 9.95. The third kappa shape index (κ3) is 2.21. The summed E-state index contributed by atoms with van der Waals surface area (Å²) < 4.78 is 0. The Kier molecular flexibility index (Phi) is 2.89. The first-order valence-corrected chi connectivity index (χ1v) is 7.25. The summed E-state index contributed by atoms with van der Waals surface area (Å²) in [5.41, 5.74) is 4.82. The molecule has 0 spiro atoms. The van der Waals surface area contributed by atoms with Gasteiger partial charge in [-0.05, 0) is 31.0 Å². The molecule has 3 rings (SSSR count). The van der Waals surface area contributed by atoms with Crippen molar-refractivity contribution in [1.29, 1.82) is 0 Å². The maximum absolute atomic E-state index is 12.1. The quantitative estimate of drug-likeness (QED) is 0.821. The molecule has 1 aliphatic rings. The van der Waals surface area contributed by atoms with E-state index < -0.39 is 0 Å². The predicted octanol–water partition coefficient (Wildman–Crippen LogP) is 3.11. The molecular formula is C17H22N2O. The van der Waals surface area contributed by atoms with E-state index in [4.69, 9.17) is 0 Å². The van der Waals surface area contributed by atoms with Crippen LogP contribution >= 0.6 is 0 Å². The van der Waals surface area contributed by atoms with E-state index in [2.05, 4.69) is 35.4 Å². The second-order valence-corrected chi connectivity index (χ2v) is 6.96. The van der Waals surface area contributed by atoms with Crippen molar-refractivity contribution >= 4 is 16.8 Å². The van der Waals surface area contributed by atoms with Gasteiger partial charge in [0.1, 0.15) is 0 Å². The zero-order valence-corrected chi connectivity index (χ0v) is 12.6. The number of carbonyl (C=O) groups excluding carboxylic acids is 1. The normalized spacial score (nSPS) is 18.3. The Labute approximate surface area is 119 Å². The van der Waals surface area contributed by atoms with Crippen molar-refractivity contribution in [1.82, 2.24) is 10.3 Å². The maximum atomic E-state index is 12.1. The average molecular weight is 270 g/mol. The standard InChI is InChI=1S/C17H22N2O/c1-10-5-6-14-12(7-10)13-8-11(9-15(13)19-14)18-16(20)17(2,3)4/h5-7,11,19H,8-9H2,1-4H3,(H,18,20). The summed E-state index contributed by atoms with van der Waals surface area (Å²) in [6.45, 7) is 7.98. The van der Waals surface area contributed by atoms with Crippen molar-refractivity contribution < 1.29 is 4.79 Å². The average Bonchev–Trinajstić information content (AvgIpc) is 2.85. The molecule has 0 aliphatic heterocycles. The van der Waals surface area contributed by atoms with E-state index in [1.165, 1.54) is 27.7 Å². The number of rotatable bonds is 1. The van der Waals surface area contributed by atoms with Crippen molar-refractivity contribution in [2.24, 2.45) is 5.41 Å². The van der Waals surface area contributed by atoms with E-state index >= 15 is 0 Å². The Morgan fingerprint density at radius 1 is 1.30 bits per heavy atom. The van der Waals surface area contributed by atoms with Crippen LogP contribution in [0.5, 0.6) is 0 Å². The van der Waals surface area contributed by atoms with Crippen LogP contribution in [0.15, 0.2) is 18.2 Å². The van der Waals surface area contributed by atoms with E-state index in [9.17, 15) is 4.79 Å². The summed E-state index contributed by atoms with van der Waals surface area (Å²) >= 11 is 0. The van der Waals surface area contributed by atoms with Gasteiger partial charge in [0.15, 0.2) is 0 Å². The summed E-state index contributed by atoms with van der Waals surface area (Å²) in [4.78, 5) is 15.6. The van der Waals surface area contributed by atoms with Gasteiger partial charge in [0.05, 0.1) is 0 Å². The Balaban J connectivity index is 1.83. The topological polar surface area (TPSA) is 44.9 Å². The van der Waals surface area contributed by atoms with Crippen molar-refractivity contribution in [2.45, 2.75) is 46.6 Å². The minimum atomic E-state index is -0.324. The van der Waals surface area contributed by atoms with Crippen LogP contribution in [0, 0.1) is 12.3 Å². The van der Waals surface area contributed by atoms with Crippen molar-refractivity contribution in [2.75, 3.05) is 0 Å². The summed E-state index contributed by atoms with van der Waals surface area (Å²) in [6.07, 6.45) is 1.84. The van der Waals surface area contributed by atoms with E-state index in [-0.39, 0.29) is 17.4 Å². The number of aromatic amines is 1. The second-order valence-electron chi connectivity index (χ2n) is 6.96. The van der Waals surface area contributed by atoms with Gasteiger partial charge in [-0.25, -0.2) is 0 Å². The van der Waals surface area contributed by atoms with Crippen molar-refractivity contribution in [3.05, 3.63) is 35.0 Å². The Morgan fingerprint density at radius 2 is 2.05 bits per heavy atom. The minimum absolute atomic E-state index is 0.133. The highest BCUT2D eigenvalue weighted by molar-refractivity contribution is 5.87. The number of amides is 1. The van der Waals surface area contributed by atoms with Crippen LogP contribution in [0.4, 0.5) is 0 Å². The van der Waals surface area contributed by atoms with E-state index in [0.717, 1.165) is 12.8 Å². The Hall–Kier alpha value is -1.77. The fourth-order valence-corrected chi connectivity index (χ4v) is 2.89. The molecule has 1 aliphatic carbocycles. The molecule has 106 valence electrons. The van der Waals surface area contributed by atoms with Gasteiger partial charge in [-0.2, -0.15) is 0 Å². The van der Waals surface area contributed by atoms with E-state index in [1.807, 2.05) is 20.8 Å². The lowest BCUT2D eigenvalue weighted by molar-refractivity contribution is -0.129. The summed E-state index contributed by atoms with van der Waals surface area (Å²) in [5, 5.41) is 4.48. The van der Waals surface area contributed by atoms with Gasteiger partial charge in [-0.3, -0.25) is 4.79 Å². The highest BCUT2D eigenvalue weighted by Gasteiger charge is 2.29. The molecule has 0 bridgehead atoms. The molecule has 2 aromatic rings. The van der Waals surface area contributed by atoms with Gasteiger partial charge < -0.3 is 10.3 Å². The van der Waals surface area contributed by atoms with Crippen LogP contribution in [0.25, 0.3) is 10.9 Å². The molecule has 3 heteroatoms. The number of fused-ring (bicyclic) bond motifs is 3. The monoisotopic (exact) mass is 270 g/mol. The fraction of sp³-hybridized carbons (Fsp3) is 0.471. The van der Waals surface area contributed by atoms with Gasteiger partial charge in [0, 0.05) is 34.5 Å². The first kappa shape index (κ1) is 13.2. The van der Waals surface area contributed by atoms with Crippen molar-refractivity contribution in [3.63, 3.8) is 0 Å². The SMILES string of the molecule is Cc1ccc2[nH]c3c(c2c1)CC(NC(=O)C(C)(C)C)C3. The van der Waals surface area contributed by atoms with Crippen LogP contribution in [0.2, 0.25) is 0 Å². The summed E-state index contributed by atoms with van der Waals surface area (Å²) in [5.74, 6) is 0.133. The van der Waals surface area contributed by atoms with Crippen LogP contribution in [0.3, 0.4) is 0 Å². The van der Waals surface area contributed by atoms with Crippen LogP contribution in [0.1, 0.15) is 37.6 Å². The first-order chi connectivity index (χ1) is 9.34. The minimum Gasteiger partial charge on any atom is -0.358 e. The highest BCUT2D eigenvalue weighted by Crippen LogP contribution is 2.31. The highest BCUT2D eigenvalue weighted by atomic mass is 16.2. The molecule has 0 radical (unpaired) electrons. The first-order valence-electron chi connectivity index (χ1n) is 7.25. The molecule has 0 fully saturated rings. The zero-order valence-electron chi connectivity index (χ0n) is 12.6. The third-order valence-corrected chi connectivity index (χ3v) is 4.07. The summed E-state index contributed by atoms with van der Waals surface area (Å²) in [6, 6.07) is 6.74. The number of nitrogens with one attached hydrogen (secondary N) is 2. The molecular weight excluding hydrogens is 248 g/mol. The number of hydrogen-bond donors (Lipinski definition) is 2. The Bertz CT molecular complexity index is 676. The number of benzene rings is 1.